The third-order valence-corrected chi connectivity index (χ3v) is 10.6. The summed E-state index contributed by atoms with van der Waals surface area (Å²) in [6.45, 7) is 8.71. The number of esters is 1. The summed E-state index contributed by atoms with van der Waals surface area (Å²) in [5.74, 6) is 1.58. The van der Waals surface area contributed by atoms with Gasteiger partial charge >= 0.3 is 5.97 Å². The second-order valence-corrected chi connectivity index (χ2v) is 11.8. The fourth-order valence-electron chi connectivity index (χ4n) is 8.95. The molecule has 9 atom stereocenters. The minimum Gasteiger partial charge on any atom is -0.462 e. The average Bonchev–Trinajstić information content (AvgIpc) is 3.00. The molecule has 0 aliphatic heterocycles. The van der Waals surface area contributed by atoms with E-state index in [1.165, 1.54) is 6.92 Å². The Morgan fingerprint density at radius 2 is 1.66 bits per heavy atom. The number of rotatable bonds is 3. The van der Waals surface area contributed by atoms with Crippen LogP contribution in [-0.4, -0.2) is 34.4 Å². The number of aliphatic hydroxyl groups is 1. The van der Waals surface area contributed by atoms with E-state index >= 15 is 0 Å². The normalized spacial score (nSPS) is 51.5. The Morgan fingerprint density at radius 3 is 2.31 bits per heavy atom. The number of Topliss-reactive ketones (excluding diaryl/α,β-unsaturated/α-hetero) is 1. The molecule has 164 valence electrons. The Labute approximate surface area is 183 Å². The molecule has 0 unspecified atom stereocenters. The molecule has 0 bridgehead atoms. The molecule has 0 aromatic carbocycles. The first-order chi connectivity index (χ1) is 13.6. The van der Waals surface area contributed by atoms with E-state index in [1.54, 1.807) is 0 Å². The van der Waals surface area contributed by atoms with Crippen LogP contribution in [0.3, 0.4) is 0 Å². The number of ketones is 1. The summed E-state index contributed by atoms with van der Waals surface area (Å²) in [4.78, 5) is 24.7. The van der Waals surface area contributed by atoms with Crippen molar-refractivity contribution in [2.24, 2.45) is 39.9 Å². The molecular formula is C24H37BrO4. The number of hydrogen-bond donors (Lipinski definition) is 1. The van der Waals surface area contributed by atoms with E-state index in [0.717, 1.165) is 51.4 Å². The van der Waals surface area contributed by atoms with Gasteiger partial charge in [0.05, 0.1) is 11.4 Å². The van der Waals surface area contributed by atoms with Crippen LogP contribution >= 0.6 is 15.9 Å². The standard InChI is InChI=1S/C24H37BrO4/c1-14(26)29-19-12-24(4)20-6-5-16(18(28)13-25)22(20,2)10-8-21(24)23(3)9-7-15(27)11-17(19)23/h15-17,19-21,27H,5-13H2,1-4H3/t15-,16-,17-,19+,20-,21-,22-,23+,24+/m1/s1. The maximum absolute atomic E-state index is 12.7. The number of alkyl halides is 1. The number of carbonyl (C=O) groups is 2. The lowest BCUT2D eigenvalue weighted by atomic mass is 9.39. The second kappa shape index (κ2) is 7.32. The topological polar surface area (TPSA) is 63.6 Å². The summed E-state index contributed by atoms with van der Waals surface area (Å²) >= 11 is 3.41. The summed E-state index contributed by atoms with van der Waals surface area (Å²) < 4.78 is 5.94. The first kappa shape index (κ1) is 21.8. The zero-order valence-electron chi connectivity index (χ0n) is 18.4. The lowest BCUT2D eigenvalue weighted by Crippen LogP contribution is -2.63. The van der Waals surface area contributed by atoms with E-state index in [2.05, 4.69) is 36.7 Å². The molecule has 4 fully saturated rings. The van der Waals surface area contributed by atoms with Crippen LogP contribution in [0.15, 0.2) is 0 Å². The molecule has 0 spiro atoms. The van der Waals surface area contributed by atoms with Crippen LogP contribution in [0.4, 0.5) is 0 Å². The number of ether oxygens (including phenoxy) is 1. The molecule has 5 heteroatoms. The Hall–Kier alpha value is -0.420. The fraction of sp³-hybridized carbons (Fsp3) is 0.917. The van der Waals surface area contributed by atoms with Crippen molar-refractivity contribution in [2.75, 3.05) is 5.33 Å². The molecule has 0 heterocycles. The van der Waals surface area contributed by atoms with Gasteiger partial charge in [-0.2, -0.15) is 0 Å². The lowest BCUT2D eigenvalue weighted by molar-refractivity contribution is -0.220. The minimum absolute atomic E-state index is 0.0499. The number of halogens is 1. The van der Waals surface area contributed by atoms with E-state index in [0.29, 0.717) is 22.9 Å². The zero-order valence-corrected chi connectivity index (χ0v) is 20.0. The summed E-state index contributed by atoms with van der Waals surface area (Å²) in [5, 5.41) is 10.9. The maximum atomic E-state index is 12.7. The second-order valence-electron chi connectivity index (χ2n) is 11.3. The summed E-state index contributed by atoms with van der Waals surface area (Å²) in [5.41, 5.74) is 0.210. The van der Waals surface area contributed by atoms with Gasteiger partial charge in [-0.15, -0.1) is 0 Å². The van der Waals surface area contributed by atoms with Crippen LogP contribution in [0.2, 0.25) is 0 Å². The van der Waals surface area contributed by atoms with Crippen LogP contribution in [0, 0.1) is 39.9 Å². The van der Waals surface area contributed by atoms with Crippen molar-refractivity contribution in [3.8, 4) is 0 Å². The fourth-order valence-corrected chi connectivity index (χ4v) is 9.34. The first-order valence-electron chi connectivity index (χ1n) is 11.5. The van der Waals surface area contributed by atoms with Gasteiger partial charge in [0.1, 0.15) is 11.9 Å². The monoisotopic (exact) mass is 468 g/mol. The van der Waals surface area contributed by atoms with Crippen molar-refractivity contribution in [3.05, 3.63) is 0 Å². The van der Waals surface area contributed by atoms with Gasteiger partial charge in [-0.25, -0.2) is 0 Å². The third kappa shape index (κ3) is 3.16. The Bertz CT molecular complexity index is 694. The van der Waals surface area contributed by atoms with Gasteiger partial charge in [0.25, 0.3) is 0 Å². The van der Waals surface area contributed by atoms with Crippen molar-refractivity contribution in [1.82, 2.24) is 0 Å². The Kier molecular flexibility index (Phi) is 5.51. The molecule has 4 rings (SSSR count). The first-order valence-corrected chi connectivity index (χ1v) is 12.6. The number of aliphatic hydroxyl groups excluding tert-OH is 1. The average molecular weight is 469 g/mol. The molecule has 0 aromatic rings. The molecular weight excluding hydrogens is 432 g/mol. The highest BCUT2D eigenvalue weighted by Crippen LogP contribution is 2.72. The van der Waals surface area contributed by atoms with Gasteiger partial charge in [0, 0.05) is 18.8 Å². The van der Waals surface area contributed by atoms with Gasteiger partial charge in [0.15, 0.2) is 0 Å². The van der Waals surface area contributed by atoms with Gasteiger partial charge in [-0.3, -0.25) is 9.59 Å². The van der Waals surface area contributed by atoms with Gasteiger partial charge in [-0.05, 0) is 79.4 Å². The Balaban J connectivity index is 1.73. The molecule has 4 nitrogen and oxygen atoms in total. The molecule has 4 aliphatic rings. The third-order valence-electron chi connectivity index (χ3n) is 10.0. The summed E-state index contributed by atoms with van der Waals surface area (Å²) in [6, 6.07) is 0. The molecule has 4 saturated carbocycles. The number of fused-ring (bicyclic) bond motifs is 5. The number of hydrogen-bond acceptors (Lipinski definition) is 4. The van der Waals surface area contributed by atoms with E-state index in [-0.39, 0.29) is 46.3 Å². The molecule has 0 amide bonds. The highest BCUT2D eigenvalue weighted by molar-refractivity contribution is 9.09. The van der Waals surface area contributed by atoms with Crippen LogP contribution in [0.5, 0.6) is 0 Å². The zero-order chi connectivity index (χ0) is 21.2. The molecule has 1 N–H and O–H groups in total. The smallest absolute Gasteiger partial charge is 0.302 e. The van der Waals surface area contributed by atoms with Crippen LogP contribution in [0.25, 0.3) is 0 Å². The quantitative estimate of drug-likeness (QED) is 0.472. The molecule has 0 saturated heterocycles. The van der Waals surface area contributed by atoms with Crippen LogP contribution in [-0.2, 0) is 14.3 Å². The lowest BCUT2D eigenvalue weighted by Gasteiger charge is -2.67. The maximum Gasteiger partial charge on any atom is 0.302 e. The predicted octanol–water partition coefficient (Wildman–Crippen LogP) is 4.90. The highest BCUT2D eigenvalue weighted by atomic mass is 79.9. The van der Waals surface area contributed by atoms with E-state index < -0.39 is 0 Å². The van der Waals surface area contributed by atoms with E-state index in [4.69, 9.17) is 4.74 Å². The van der Waals surface area contributed by atoms with Crippen molar-refractivity contribution in [2.45, 2.75) is 91.3 Å². The highest BCUT2D eigenvalue weighted by Gasteiger charge is 2.68. The minimum atomic E-state index is -0.281. The predicted molar refractivity (Wildman–Crippen MR) is 116 cm³/mol. The van der Waals surface area contributed by atoms with Crippen LogP contribution < -0.4 is 0 Å². The molecule has 4 aliphatic carbocycles. The number of carbonyl (C=O) groups excluding carboxylic acids is 2. The SMILES string of the molecule is CC(=O)O[C@H]1C[C@@]2(C)[C@@H]3CC[C@H](C(=O)CBr)[C@@]3(C)CC[C@@H]2[C@@]2(C)CC[C@@H](O)C[C@H]12. The van der Waals surface area contributed by atoms with Crippen LogP contribution in [0.1, 0.15) is 79.1 Å². The van der Waals surface area contributed by atoms with Crippen molar-refractivity contribution in [1.29, 1.82) is 0 Å². The molecule has 0 radical (unpaired) electrons. The van der Waals surface area contributed by atoms with Gasteiger partial charge < -0.3 is 9.84 Å². The van der Waals surface area contributed by atoms with E-state index in [9.17, 15) is 14.7 Å². The summed E-state index contributed by atoms with van der Waals surface area (Å²) in [7, 11) is 0. The van der Waals surface area contributed by atoms with E-state index in [1.807, 2.05) is 0 Å². The molecule has 0 aromatic heterocycles. The van der Waals surface area contributed by atoms with Gasteiger partial charge in [0.2, 0.25) is 0 Å². The van der Waals surface area contributed by atoms with Gasteiger partial charge in [-0.1, -0.05) is 36.7 Å². The molecule has 29 heavy (non-hydrogen) atoms. The van der Waals surface area contributed by atoms with Crippen molar-refractivity contribution < 1.29 is 19.4 Å². The van der Waals surface area contributed by atoms with Crippen molar-refractivity contribution >= 4 is 27.7 Å². The van der Waals surface area contributed by atoms with Crippen molar-refractivity contribution in [3.63, 3.8) is 0 Å². The summed E-state index contributed by atoms with van der Waals surface area (Å²) in [6.07, 6.45) is 7.42. The largest absolute Gasteiger partial charge is 0.462 e. The Morgan fingerprint density at radius 1 is 1.00 bits per heavy atom.